The molecule has 2 aromatic rings. The predicted octanol–water partition coefficient (Wildman–Crippen LogP) is 1.93. The number of nitrogens with one attached hydrogen (secondary N) is 1. The minimum Gasteiger partial charge on any atom is -0.467 e. The molecule has 0 bridgehead atoms. The van der Waals surface area contributed by atoms with Crippen molar-refractivity contribution in [2.75, 3.05) is 5.73 Å². The van der Waals surface area contributed by atoms with Crippen LogP contribution in [-0.2, 0) is 6.54 Å². The maximum absolute atomic E-state index is 12.8. The van der Waals surface area contributed by atoms with E-state index in [1.54, 1.807) is 12.1 Å². The average molecular weight is 234 g/mol. The first kappa shape index (κ1) is 11.2. The van der Waals surface area contributed by atoms with Gasteiger partial charge in [-0.15, -0.1) is 0 Å². The van der Waals surface area contributed by atoms with Crippen LogP contribution in [0.4, 0.5) is 10.1 Å². The van der Waals surface area contributed by atoms with Gasteiger partial charge in [0.25, 0.3) is 5.91 Å². The number of halogens is 1. The fourth-order valence-corrected chi connectivity index (χ4v) is 1.42. The number of rotatable bonds is 3. The Kier molecular flexibility index (Phi) is 3.09. The zero-order valence-corrected chi connectivity index (χ0v) is 8.94. The molecule has 0 unspecified atom stereocenters. The summed E-state index contributed by atoms with van der Waals surface area (Å²) >= 11 is 0. The number of furan rings is 1. The zero-order valence-electron chi connectivity index (χ0n) is 8.94. The molecule has 88 valence electrons. The van der Waals surface area contributed by atoms with Crippen LogP contribution in [0.5, 0.6) is 0 Å². The van der Waals surface area contributed by atoms with E-state index in [-0.39, 0.29) is 23.7 Å². The first-order valence-electron chi connectivity index (χ1n) is 5.02. The fourth-order valence-electron chi connectivity index (χ4n) is 1.42. The van der Waals surface area contributed by atoms with Gasteiger partial charge in [0.1, 0.15) is 11.6 Å². The second-order valence-corrected chi connectivity index (χ2v) is 3.49. The molecule has 3 N–H and O–H groups in total. The van der Waals surface area contributed by atoms with E-state index in [2.05, 4.69) is 5.32 Å². The van der Waals surface area contributed by atoms with Crippen molar-refractivity contribution in [1.29, 1.82) is 0 Å². The molecule has 0 aliphatic rings. The van der Waals surface area contributed by atoms with Crippen molar-refractivity contribution >= 4 is 11.6 Å². The number of benzene rings is 1. The Labute approximate surface area is 97.2 Å². The van der Waals surface area contributed by atoms with Gasteiger partial charge in [-0.3, -0.25) is 4.79 Å². The number of carbonyl (C=O) groups excluding carboxylic acids is 1. The third-order valence-electron chi connectivity index (χ3n) is 2.26. The van der Waals surface area contributed by atoms with Crippen LogP contribution < -0.4 is 11.1 Å². The van der Waals surface area contributed by atoms with E-state index in [1.165, 1.54) is 18.4 Å². The van der Waals surface area contributed by atoms with E-state index >= 15 is 0 Å². The molecule has 1 aromatic heterocycles. The largest absolute Gasteiger partial charge is 0.467 e. The monoisotopic (exact) mass is 234 g/mol. The number of hydrogen-bond donors (Lipinski definition) is 2. The summed E-state index contributed by atoms with van der Waals surface area (Å²) < 4.78 is 17.9. The molecule has 17 heavy (non-hydrogen) atoms. The Hall–Kier alpha value is -2.30. The highest BCUT2D eigenvalue weighted by molar-refractivity contribution is 5.98. The molecule has 1 heterocycles. The summed E-state index contributed by atoms with van der Waals surface area (Å²) in [6.07, 6.45) is 1.52. The van der Waals surface area contributed by atoms with Crippen LogP contribution in [0.2, 0.25) is 0 Å². The lowest BCUT2D eigenvalue weighted by atomic mass is 10.1. The molecular formula is C12H11FN2O2. The highest BCUT2D eigenvalue weighted by Crippen LogP contribution is 2.13. The van der Waals surface area contributed by atoms with Gasteiger partial charge in [-0.1, -0.05) is 0 Å². The van der Waals surface area contributed by atoms with Crippen LogP contribution in [0.15, 0.2) is 41.0 Å². The SMILES string of the molecule is Nc1cc(F)ccc1C(=O)NCc1ccco1. The first-order valence-corrected chi connectivity index (χ1v) is 5.02. The third-order valence-corrected chi connectivity index (χ3v) is 2.26. The molecule has 0 saturated carbocycles. The van der Waals surface area contributed by atoms with E-state index in [0.717, 1.165) is 6.07 Å². The van der Waals surface area contributed by atoms with Crippen LogP contribution in [0.3, 0.4) is 0 Å². The predicted molar refractivity (Wildman–Crippen MR) is 60.7 cm³/mol. The zero-order chi connectivity index (χ0) is 12.3. The van der Waals surface area contributed by atoms with Gasteiger partial charge in [-0.05, 0) is 30.3 Å². The smallest absolute Gasteiger partial charge is 0.253 e. The lowest BCUT2D eigenvalue weighted by molar-refractivity contribution is 0.0949. The second kappa shape index (κ2) is 4.69. The van der Waals surface area contributed by atoms with Crippen molar-refractivity contribution < 1.29 is 13.6 Å². The summed E-state index contributed by atoms with van der Waals surface area (Å²) in [6, 6.07) is 7.13. The molecule has 0 aliphatic heterocycles. The topological polar surface area (TPSA) is 68.3 Å². The maximum atomic E-state index is 12.8. The van der Waals surface area contributed by atoms with Gasteiger partial charge >= 0.3 is 0 Å². The standard InChI is InChI=1S/C12H11FN2O2/c13-8-3-4-10(11(14)6-8)12(16)15-7-9-2-1-5-17-9/h1-6H,7,14H2,(H,15,16). The Morgan fingerprint density at radius 1 is 1.41 bits per heavy atom. The number of amides is 1. The van der Waals surface area contributed by atoms with Crippen LogP contribution >= 0.6 is 0 Å². The normalized spacial score (nSPS) is 10.2. The Bertz CT molecular complexity index is 523. The van der Waals surface area contributed by atoms with Crippen molar-refractivity contribution in [1.82, 2.24) is 5.32 Å². The van der Waals surface area contributed by atoms with Gasteiger partial charge in [0.05, 0.1) is 18.4 Å². The quantitative estimate of drug-likeness (QED) is 0.797. The fraction of sp³-hybridized carbons (Fsp3) is 0.0833. The van der Waals surface area contributed by atoms with E-state index in [4.69, 9.17) is 10.2 Å². The molecule has 5 heteroatoms. The molecule has 2 rings (SSSR count). The van der Waals surface area contributed by atoms with E-state index in [0.29, 0.717) is 5.76 Å². The van der Waals surface area contributed by atoms with E-state index < -0.39 is 5.82 Å². The van der Waals surface area contributed by atoms with Crippen molar-refractivity contribution in [2.24, 2.45) is 0 Å². The minimum atomic E-state index is -0.468. The number of hydrogen-bond acceptors (Lipinski definition) is 3. The average Bonchev–Trinajstić information content (AvgIpc) is 2.78. The second-order valence-electron chi connectivity index (χ2n) is 3.49. The summed E-state index contributed by atoms with van der Waals surface area (Å²) in [4.78, 5) is 11.7. The molecule has 0 spiro atoms. The molecule has 1 aromatic carbocycles. The lowest BCUT2D eigenvalue weighted by Gasteiger charge is -2.06. The number of nitrogen functional groups attached to an aromatic ring is 1. The van der Waals surface area contributed by atoms with Gasteiger partial charge in [-0.2, -0.15) is 0 Å². The molecule has 0 radical (unpaired) electrons. The summed E-state index contributed by atoms with van der Waals surface area (Å²) in [6.45, 7) is 0.267. The molecule has 0 fully saturated rings. The van der Waals surface area contributed by atoms with Gasteiger partial charge in [0.15, 0.2) is 0 Å². The van der Waals surface area contributed by atoms with Gasteiger partial charge in [-0.25, -0.2) is 4.39 Å². The van der Waals surface area contributed by atoms with Gasteiger partial charge < -0.3 is 15.5 Å². The highest BCUT2D eigenvalue weighted by atomic mass is 19.1. The molecular weight excluding hydrogens is 223 g/mol. The Morgan fingerprint density at radius 2 is 2.24 bits per heavy atom. The minimum absolute atomic E-state index is 0.113. The van der Waals surface area contributed by atoms with Crippen molar-refractivity contribution in [3.05, 3.63) is 53.7 Å². The van der Waals surface area contributed by atoms with Crippen molar-refractivity contribution in [3.8, 4) is 0 Å². The summed E-state index contributed by atoms with van der Waals surface area (Å²) in [5, 5.41) is 2.63. The Morgan fingerprint density at radius 3 is 2.88 bits per heavy atom. The van der Waals surface area contributed by atoms with Crippen LogP contribution in [0, 0.1) is 5.82 Å². The van der Waals surface area contributed by atoms with Gasteiger partial charge in [0.2, 0.25) is 0 Å². The summed E-state index contributed by atoms with van der Waals surface area (Å²) in [5.74, 6) is -0.192. The van der Waals surface area contributed by atoms with Crippen molar-refractivity contribution in [2.45, 2.75) is 6.54 Å². The van der Waals surface area contributed by atoms with Crippen LogP contribution in [0.1, 0.15) is 16.1 Å². The van der Waals surface area contributed by atoms with E-state index in [9.17, 15) is 9.18 Å². The summed E-state index contributed by atoms with van der Waals surface area (Å²) in [5.41, 5.74) is 5.91. The van der Waals surface area contributed by atoms with E-state index in [1.807, 2.05) is 0 Å². The molecule has 4 nitrogen and oxygen atoms in total. The lowest BCUT2D eigenvalue weighted by Crippen LogP contribution is -2.23. The molecule has 0 saturated heterocycles. The van der Waals surface area contributed by atoms with Crippen molar-refractivity contribution in [3.63, 3.8) is 0 Å². The third kappa shape index (κ3) is 2.63. The van der Waals surface area contributed by atoms with Gasteiger partial charge in [0, 0.05) is 5.69 Å². The van der Waals surface area contributed by atoms with Crippen LogP contribution in [-0.4, -0.2) is 5.91 Å². The number of nitrogens with two attached hydrogens (primary N) is 1. The first-order chi connectivity index (χ1) is 8.16. The molecule has 1 amide bonds. The summed E-state index contributed by atoms with van der Waals surface area (Å²) in [7, 11) is 0. The Balaban J connectivity index is 2.04. The highest BCUT2D eigenvalue weighted by Gasteiger charge is 2.10. The maximum Gasteiger partial charge on any atom is 0.253 e. The number of carbonyl (C=O) groups is 1. The number of anilines is 1. The molecule has 0 aliphatic carbocycles. The molecule has 0 atom stereocenters. The van der Waals surface area contributed by atoms with Crippen LogP contribution in [0.25, 0.3) is 0 Å².